The maximum absolute atomic E-state index is 12.9. The van der Waals surface area contributed by atoms with Gasteiger partial charge in [-0.15, -0.1) is 0 Å². The molecule has 0 aromatic rings. The number of hydrogen-bond donors (Lipinski definition) is 2. The summed E-state index contributed by atoms with van der Waals surface area (Å²) in [5.74, 6) is -1.60. The molecule has 1 heterocycles. The Balaban J connectivity index is 2.10. The standard InChI is InChI=1S/C10H17F3N2O2S/c11-10(12,13)8-3-5-14-6-4-9(8)15-18(16,17)7-1-2-7/h7-9,14-15H,1-6H2. The maximum Gasteiger partial charge on any atom is 0.393 e. The van der Waals surface area contributed by atoms with Gasteiger partial charge in [0.2, 0.25) is 10.0 Å². The molecule has 1 saturated heterocycles. The van der Waals surface area contributed by atoms with Crippen molar-refractivity contribution in [1.29, 1.82) is 0 Å². The third-order valence-corrected chi connectivity index (χ3v) is 5.43. The largest absolute Gasteiger partial charge is 0.393 e. The van der Waals surface area contributed by atoms with Crippen molar-refractivity contribution in [2.24, 2.45) is 5.92 Å². The summed E-state index contributed by atoms with van der Waals surface area (Å²) in [6, 6.07) is -1.04. The van der Waals surface area contributed by atoms with Gasteiger partial charge in [0.05, 0.1) is 11.2 Å². The van der Waals surface area contributed by atoms with Gasteiger partial charge in [-0.05, 0) is 38.8 Å². The van der Waals surface area contributed by atoms with E-state index < -0.39 is 33.4 Å². The molecular formula is C10H17F3N2O2S. The zero-order valence-corrected chi connectivity index (χ0v) is 10.6. The lowest BCUT2D eigenvalue weighted by Crippen LogP contribution is -2.46. The Kier molecular flexibility index (Phi) is 3.89. The van der Waals surface area contributed by atoms with Gasteiger partial charge in [-0.1, -0.05) is 0 Å². The van der Waals surface area contributed by atoms with Gasteiger partial charge < -0.3 is 5.32 Å². The number of hydrogen-bond acceptors (Lipinski definition) is 3. The minimum atomic E-state index is -4.36. The zero-order chi connectivity index (χ0) is 13.4. The van der Waals surface area contributed by atoms with Gasteiger partial charge in [0, 0.05) is 6.04 Å². The van der Waals surface area contributed by atoms with Crippen LogP contribution in [0.3, 0.4) is 0 Å². The second kappa shape index (κ2) is 4.97. The molecular weight excluding hydrogens is 269 g/mol. The lowest BCUT2D eigenvalue weighted by Gasteiger charge is -2.27. The molecule has 2 rings (SSSR count). The van der Waals surface area contributed by atoms with Crippen LogP contribution in [0.4, 0.5) is 13.2 Å². The van der Waals surface area contributed by atoms with Gasteiger partial charge in [-0.3, -0.25) is 0 Å². The predicted octanol–water partition coefficient (Wildman–Crippen LogP) is 0.999. The summed E-state index contributed by atoms with van der Waals surface area (Å²) in [7, 11) is -3.57. The Hall–Kier alpha value is -0.340. The van der Waals surface area contributed by atoms with E-state index in [9.17, 15) is 21.6 Å². The molecule has 2 aliphatic rings. The molecule has 8 heteroatoms. The van der Waals surface area contributed by atoms with Gasteiger partial charge >= 0.3 is 6.18 Å². The van der Waals surface area contributed by atoms with Crippen molar-refractivity contribution < 1.29 is 21.6 Å². The fraction of sp³-hybridized carbons (Fsp3) is 1.00. The molecule has 0 aromatic carbocycles. The summed E-state index contributed by atoms with van der Waals surface area (Å²) in [6.45, 7) is 0.677. The number of rotatable bonds is 3. The lowest BCUT2D eigenvalue weighted by molar-refractivity contribution is -0.181. The average Bonchev–Trinajstić information content (AvgIpc) is 3.02. The Labute approximate surface area is 104 Å². The predicted molar refractivity (Wildman–Crippen MR) is 60.5 cm³/mol. The molecule has 1 saturated carbocycles. The second-order valence-electron chi connectivity index (χ2n) is 4.94. The summed E-state index contributed by atoms with van der Waals surface area (Å²) in [5, 5.41) is 2.39. The molecule has 2 unspecified atom stereocenters. The molecule has 18 heavy (non-hydrogen) atoms. The van der Waals surface area contributed by atoms with E-state index in [0.717, 1.165) is 0 Å². The molecule has 1 aliphatic heterocycles. The molecule has 0 bridgehead atoms. The highest BCUT2D eigenvalue weighted by Crippen LogP contribution is 2.35. The first-order valence-corrected chi connectivity index (χ1v) is 7.64. The van der Waals surface area contributed by atoms with E-state index in [4.69, 9.17) is 0 Å². The van der Waals surface area contributed by atoms with E-state index >= 15 is 0 Å². The van der Waals surface area contributed by atoms with Crippen molar-refractivity contribution in [3.8, 4) is 0 Å². The molecule has 0 aromatic heterocycles. The van der Waals surface area contributed by atoms with E-state index in [0.29, 0.717) is 19.4 Å². The molecule has 0 spiro atoms. The molecule has 2 atom stereocenters. The zero-order valence-electron chi connectivity index (χ0n) is 9.83. The van der Waals surface area contributed by atoms with Crippen LogP contribution in [0.15, 0.2) is 0 Å². The summed E-state index contributed by atoms with van der Waals surface area (Å²) in [5.41, 5.74) is 0. The fourth-order valence-electron chi connectivity index (χ4n) is 2.26. The van der Waals surface area contributed by atoms with E-state index in [2.05, 4.69) is 10.0 Å². The van der Waals surface area contributed by atoms with Crippen molar-refractivity contribution in [3.05, 3.63) is 0 Å². The number of sulfonamides is 1. The summed E-state index contributed by atoms with van der Waals surface area (Å²) < 4.78 is 64.5. The fourth-order valence-corrected chi connectivity index (χ4v) is 3.91. The minimum Gasteiger partial charge on any atom is -0.317 e. The SMILES string of the molecule is O=S(=O)(NC1CCNCCC1C(F)(F)F)C1CC1. The van der Waals surface area contributed by atoms with Crippen molar-refractivity contribution >= 4 is 10.0 Å². The highest BCUT2D eigenvalue weighted by Gasteiger charge is 2.47. The summed E-state index contributed by atoms with van der Waals surface area (Å²) in [6.07, 6.45) is -3.16. The van der Waals surface area contributed by atoms with Crippen LogP contribution in [-0.4, -0.2) is 39.0 Å². The molecule has 2 N–H and O–H groups in total. The van der Waals surface area contributed by atoms with Gasteiger partial charge in [0.25, 0.3) is 0 Å². The Morgan fingerprint density at radius 1 is 1.06 bits per heavy atom. The third kappa shape index (κ3) is 3.36. The van der Waals surface area contributed by atoms with Gasteiger partial charge in [0.15, 0.2) is 0 Å². The van der Waals surface area contributed by atoms with E-state index in [-0.39, 0.29) is 19.4 Å². The second-order valence-corrected chi connectivity index (χ2v) is 6.94. The molecule has 0 amide bonds. The number of halogens is 3. The molecule has 106 valence electrons. The summed E-state index contributed by atoms with van der Waals surface area (Å²) >= 11 is 0. The van der Waals surface area contributed by atoms with Crippen LogP contribution in [0.25, 0.3) is 0 Å². The highest BCUT2D eigenvalue weighted by atomic mass is 32.2. The third-order valence-electron chi connectivity index (χ3n) is 3.45. The van der Waals surface area contributed by atoms with Crippen molar-refractivity contribution in [2.45, 2.75) is 43.2 Å². The van der Waals surface area contributed by atoms with E-state index in [1.54, 1.807) is 0 Å². The normalized spacial score (nSPS) is 31.1. The summed E-state index contributed by atoms with van der Waals surface area (Å²) in [4.78, 5) is 0. The molecule has 2 fully saturated rings. The van der Waals surface area contributed by atoms with E-state index in [1.165, 1.54) is 0 Å². The van der Waals surface area contributed by atoms with Crippen LogP contribution in [0.5, 0.6) is 0 Å². The Morgan fingerprint density at radius 3 is 2.22 bits per heavy atom. The quantitative estimate of drug-likeness (QED) is 0.814. The topological polar surface area (TPSA) is 58.2 Å². The van der Waals surface area contributed by atoms with Crippen molar-refractivity contribution in [2.75, 3.05) is 13.1 Å². The Morgan fingerprint density at radius 2 is 1.67 bits per heavy atom. The van der Waals surface area contributed by atoms with Crippen LogP contribution in [0.2, 0.25) is 0 Å². The number of alkyl halides is 3. The molecule has 4 nitrogen and oxygen atoms in total. The minimum absolute atomic E-state index is 0.0820. The van der Waals surface area contributed by atoms with E-state index in [1.807, 2.05) is 0 Å². The first kappa shape index (κ1) is 14.1. The number of nitrogens with one attached hydrogen (secondary N) is 2. The van der Waals surface area contributed by atoms with Crippen molar-refractivity contribution in [3.63, 3.8) is 0 Å². The van der Waals surface area contributed by atoms with Gasteiger partial charge in [-0.25, -0.2) is 13.1 Å². The monoisotopic (exact) mass is 286 g/mol. The highest BCUT2D eigenvalue weighted by molar-refractivity contribution is 7.90. The van der Waals surface area contributed by atoms with Crippen LogP contribution in [0, 0.1) is 5.92 Å². The molecule has 1 aliphatic carbocycles. The van der Waals surface area contributed by atoms with Crippen LogP contribution >= 0.6 is 0 Å². The average molecular weight is 286 g/mol. The first-order valence-electron chi connectivity index (χ1n) is 6.09. The first-order chi connectivity index (χ1) is 8.31. The smallest absolute Gasteiger partial charge is 0.317 e. The lowest BCUT2D eigenvalue weighted by atomic mass is 9.95. The molecule has 0 radical (unpaired) electrons. The van der Waals surface area contributed by atoms with Crippen LogP contribution < -0.4 is 10.0 Å². The van der Waals surface area contributed by atoms with Gasteiger partial charge in [-0.2, -0.15) is 13.2 Å². The Bertz CT molecular complexity index is 392. The van der Waals surface area contributed by atoms with Crippen LogP contribution in [0.1, 0.15) is 25.7 Å². The van der Waals surface area contributed by atoms with Crippen molar-refractivity contribution in [1.82, 2.24) is 10.0 Å². The van der Waals surface area contributed by atoms with Gasteiger partial charge in [0.1, 0.15) is 0 Å². The maximum atomic E-state index is 12.9. The van der Waals surface area contributed by atoms with Crippen LogP contribution in [-0.2, 0) is 10.0 Å².